The highest BCUT2D eigenvalue weighted by Gasteiger charge is 2.43. The van der Waals surface area contributed by atoms with Gasteiger partial charge in [0.05, 0.1) is 0 Å². The molecule has 2 heterocycles. The van der Waals surface area contributed by atoms with E-state index in [1.54, 1.807) is 33.9 Å². The number of nitrogens with one attached hydrogen (secondary N) is 1. The Morgan fingerprint density at radius 1 is 1.46 bits per heavy atom. The number of guanidine groups is 1. The topological polar surface area (TPSA) is 101 Å². The van der Waals surface area contributed by atoms with Crippen LogP contribution in [0, 0.1) is 6.92 Å². The summed E-state index contributed by atoms with van der Waals surface area (Å²) in [6.07, 6.45) is 0.912. The van der Waals surface area contributed by atoms with Crippen LogP contribution in [0.3, 0.4) is 0 Å². The van der Waals surface area contributed by atoms with Crippen LogP contribution in [0.25, 0.3) is 0 Å². The number of ether oxygens (including phenoxy) is 1. The highest BCUT2D eigenvalue weighted by atomic mass is 32.2. The van der Waals surface area contributed by atoms with Gasteiger partial charge in [-0.15, -0.1) is 11.3 Å². The smallest absolute Gasteiger partial charge is 0.414 e. The summed E-state index contributed by atoms with van der Waals surface area (Å²) in [7, 11) is -2.30. The number of nitrogens with zero attached hydrogens (tertiary/aromatic N) is 3. The highest BCUT2D eigenvalue weighted by molar-refractivity contribution is 7.89. The van der Waals surface area contributed by atoms with Crippen molar-refractivity contribution in [3.8, 4) is 0 Å². The summed E-state index contributed by atoms with van der Waals surface area (Å²) < 4.78 is 31.1. The molecule has 1 aliphatic heterocycles. The van der Waals surface area contributed by atoms with Crippen LogP contribution in [-0.2, 0) is 20.3 Å². The van der Waals surface area contributed by atoms with E-state index in [-0.39, 0.29) is 11.7 Å². The first-order valence-corrected chi connectivity index (χ1v) is 9.74. The van der Waals surface area contributed by atoms with Crippen LogP contribution < -0.4 is 5.32 Å². The van der Waals surface area contributed by atoms with E-state index in [0.717, 1.165) is 9.18 Å². The summed E-state index contributed by atoms with van der Waals surface area (Å²) in [6, 6.07) is 0. The fraction of sp³-hybridized carbons (Fsp3) is 0.643. The second kappa shape index (κ2) is 5.99. The Labute approximate surface area is 146 Å². The second-order valence-corrected chi connectivity index (χ2v) is 10.1. The zero-order valence-electron chi connectivity index (χ0n) is 14.6. The van der Waals surface area contributed by atoms with Gasteiger partial charge in [-0.05, 0) is 34.6 Å². The SMILES string of the molecule is Cc1cnc(C2(C)CS(=O)(=O)N(C)C(NC(=O)OC(C)(C)C)=N2)s1. The van der Waals surface area contributed by atoms with Crippen molar-refractivity contribution >= 4 is 33.4 Å². The number of aromatic nitrogens is 1. The number of alkyl carbamates (subject to hydrolysis) is 1. The van der Waals surface area contributed by atoms with Crippen molar-refractivity contribution in [2.45, 2.75) is 45.8 Å². The minimum atomic E-state index is -3.65. The van der Waals surface area contributed by atoms with Gasteiger partial charge in [0.2, 0.25) is 16.0 Å². The minimum absolute atomic E-state index is 0.0779. The molecule has 0 radical (unpaired) electrons. The van der Waals surface area contributed by atoms with Crippen LogP contribution in [0.2, 0.25) is 0 Å². The minimum Gasteiger partial charge on any atom is -0.444 e. The molecule has 0 spiro atoms. The third-order valence-corrected chi connectivity index (χ3v) is 6.33. The third kappa shape index (κ3) is 4.04. The normalized spacial score (nSPS) is 23.6. The van der Waals surface area contributed by atoms with Crippen molar-refractivity contribution in [2.24, 2.45) is 4.99 Å². The molecule has 1 N–H and O–H groups in total. The molecule has 0 saturated heterocycles. The molecule has 1 atom stereocenters. The molecule has 24 heavy (non-hydrogen) atoms. The molecule has 1 amide bonds. The van der Waals surface area contributed by atoms with E-state index >= 15 is 0 Å². The van der Waals surface area contributed by atoms with Crippen LogP contribution in [0.1, 0.15) is 37.6 Å². The number of hydrogen-bond donors (Lipinski definition) is 1. The lowest BCUT2D eigenvalue weighted by Crippen LogP contribution is -2.54. The molecule has 1 aromatic heterocycles. The standard InChI is InChI=1S/C14H22N4O4S2/c1-9-7-15-10(23-9)14(5)8-24(20,21)18(6)11(17-14)16-12(19)22-13(2,3)4/h7H,8H2,1-6H3,(H,16,17,19). The summed E-state index contributed by atoms with van der Waals surface area (Å²) in [5.41, 5.74) is -1.76. The Hall–Kier alpha value is -1.68. The summed E-state index contributed by atoms with van der Waals surface area (Å²) in [4.78, 5) is 21.6. The first-order valence-electron chi connectivity index (χ1n) is 7.32. The Morgan fingerprint density at radius 2 is 2.08 bits per heavy atom. The van der Waals surface area contributed by atoms with Gasteiger partial charge in [0.15, 0.2) is 0 Å². The number of carbonyl (C=O) groups is 1. The van der Waals surface area contributed by atoms with E-state index in [0.29, 0.717) is 5.01 Å². The van der Waals surface area contributed by atoms with Crippen molar-refractivity contribution in [3.63, 3.8) is 0 Å². The van der Waals surface area contributed by atoms with Crippen molar-refractivity contribution in [2.75, 3.05) is 12.8 Å². The van der Waals surface area contributed by atoms with Crippen molar-refractivity contribution < 1.29 is 17.9 Å². The number of hydrogen-bond acceptors (Lipinski definition) is 7. The molecule has 134 valence electrons. The molecule has 0 saturated carbocycles. The zero-order valence-corrected chi connectivity index (χ0v) is 16.2. The Bertz CT molecular complexity index is 779. The quantitative estimate of drug-likeness (QED) is 0.808. The van der Waals surface area contributed by atoms with E-state index in [2.05, 4.69) is 15.3 Å². The summed E-state index contributed by atoms with van der Waals surface area (Å²) >= 11 is 1.38. The van der Waals surface area contributed by atoms with Gasteiger partial charge in [-0.2, -0.15) is 0 Å². The molecule has 2 rings (SSSR count). The van der Waals surface area contributed by atoms with Gasteiger partial charge in [0.25, 0.3) is 0 Å². The average molecular weight is 374 g/mol. The zero-order chi connectivity index (χ0) is 18.3. The van der Waals surface area contributed by atoms with E-state index in [1.165, 1.54) is 18.4 Å². The fourth-order valence-corrected chi connectivity index (χ4v) is 4.54. The van der Waals surface area contributed by atoms with E-state index in [1.807, 2.05) is 6.92 Å². The van der Waals surface area contributed by atoms with Gasteiger partial charge in [-0.25, -0.2) is 27.5 Å². The second-order valence-electron chi connectivity index (χ2n) is 6.84. The van der Waals surface area contributed by atoms with E-state index in [4.69, 9.17) is 4.74 Å². The molecule has 0 aliphatic carbocycles. The number of sulfonamides is 1. The largest absolute Gasteiger partial charge is 0.444 e. The number of amides is 1. The van der Waals surface area contributed by atoms with Gasteiger partial charge in [-0.1, -0.05) is 0 Å². The third-order valence-electron chi connectivity index (χ3n) is 3.23. The number of aliphatic imine (C=N–C) groups is 1. The predicted octanol–water partition coefficient (Wildman–Crippen LogP) is 1.82. The maximum absolute atomic E-state index is 12.5. The van der Waals surface area contributed by atoms with Gasteiger partial charge in [-0.3, -0.25) is 5.32 Å². The van der Waals surface area contributed by atoms with E-state index < -0.39 is 27.3 Å². The summed E-state index contributed by atoms with van der Waals surface area (Å²) in [5.74, 6) is -0.297. The molecular weight excluding hydrogens is 352 g/mol. The lowest BCUT2D eigenvalue weighted by molar-refractivity contribution is 0.0559. The molecule has 1 unspecified atom stereocenters. The first-order chi connectivity index (χ1) is 10.8. The van der Waals surface area contributed by atoms with Crippen molar-refractivity contribution in [3.05, 3.63) is 16.1 Å². The molecular formula is C14H22N4O4S2. The molecule has 1 aliphatic rings. The molecule has 0 fully saturated rings. The monoisotopic (exact) mass is 374 g/mol. The summed E-state index contributed by atoms with van der Waals surface area (Å²) in [5, 5.41) is 3.01. The lowest BCUT2D eigenvalue weighted by Gasteiger charge is -2.34. The van der Waals surface area contributed by atoms with Crippen LogP contribution in [0.4, 0.5) is 4.79 Å². The number of carbonyl (C=O) groups excluding carboxylic acids is 1. The van der Waals surface area contributed by atoms with Gasteiger partial charge in [0.1, 0.15) is 21.9 Å². The van der Waals surface area contributed by atoms with Crippen molar-refractivity contribution in [1.29, 1.82) is 0 Å². The van der Waals surface area contributed by atoms with Gasteiger partial charge < -0.3 is 4.74 Å². The molecule has 0 aromatic carbocycles. The first kappa shape index (κ1) is 18.7. The van der Waals surface area contributed by atoms with E-state index in [9.17, 15) is 13.2 Å². The average Bonchev–Trinajstić information content (AvgIpc) is 2.80. The lowest BCUT2D eigenvalue weighted by atomic mass is 10.1. The molecule has 8 nitrogen and oxygen atoms in total. The highest BCUT2D eigenvalue weighted by Crippen LogP contribution is 2.34. The Morgan fingerprint density at radius 3 is 2.58 bits per heavy atom. The number of rotatable bonds is 1. The van der Waals surface area contributed by atoms with Crippen LogP contribution in [-0.4, -0.2) is 48.2 Å². The van der Waals surface area contributed by atoms with Crippen molar-refractivity contribution in [1.82, 2.24) is 14.6 Å². The maximum Gasteiger partial charge on any atom is 0.414 e. The van der Waals surface area contributed by atoms with Crippen LogP contribution in [0.5, 0.6) is 0 Å². The summed E-state index contributed by atoms with van der Waals surface area (Å²) in [6.45, 7) is 8.73. The van der Waals surface area contributed by atoms with Crippen LogP contribution in [0.15, 0.2) is 11.2 Å². The molecule has 1 aromatic rings. The molecule has 10 heteroatoms. The Kier molecular flexibility index (Phi) is 4.66. The predicted molar refractivity (Wildman–Crippen MR) is 92.6 cm³/mol. The number of thiazole rings is 1. The van der Waals surface area contributed by atoms with Gasteiger partial charge >= 0.3 is 6.09 Å². The molecule has 0 bridgehead atoms. The number of aryl methyl sites for hydroxylation is 1. The Balaban J connectivity index is 2.38. The maximum atomic E-state index is 12.5. The van der Waals surface area contributed by atoms with Crippen LogP contribution >= 0.6 is 11.3 Å². The fourth-order valence-electron chi connectivity index (χ4n) is 2.14. The van der Waals surface area contributed by atoms with Gasteiger partial charge in [0, 0.05) is 18.1 Å².